The Balaban J connectivity index is 1.34. The van der Waals surface area contributed by atoms with Crippen LogP contribution in [0.1, 0.15) is 17.9 Å². The molecule has 0 saturated heterocycles. The van der Waals surface area contributed by atoms with E-state index < -0.39 is 18.5 Å². The first-order valence-electron chi connectivity index (χ1n) is 9.15. The van der Waals surface area contributed by atoms with Crippen LogP contribution in [0.15, 0.2) is 59.1 Å². The summed E-state index contributed by atoms with van der Waals surface area (Å²) >= 11 is 0. The Morgan fingerprint density at radius 3 is 2.59 bits per heavy atom. The highest BCUT2D eigenvalue weighted by Crippen LogP contribution is 2.15. The van der Waals surface area contributed by atoms with E-state index in [0.717, 1.165) is 5.56 Å². The first-order valence-corrected chi connectivity index (χ1v) is 9.15. The number of aryl methyl sites for hydroxylation is 1. The molecule has 0 bridgehead atoms. The van der Waals surface area contributed by atoms with Gasteiger partial charge in [0.2, 0.25) is 11.7 Å². The third-order valence-electron chi connectivity index (χ3n) is 4.08. The molecule has 29 heavy (non-hydrogen) atoms. The van der Waals surface area contributed by atoms with Gasteiger partial charge in [-0.15, -0.1) is 0 Å². The van der Waals surface area contributed by atoms with Gasteiger partial charge in [0, 0.05) is 18.5 Å². The van der Waals surface area contributed by atoms with E-state index in [0.29, 0.717) is 23.7 Å². The van der Waals surface area contributed by atoms with Crippen LogP contribution in [-0.2, 0) is 27.2 Å². The summed E-state index contributed by atoms with van der Waals surface area (Å²) in [5, 5.41) is 6.46. The minimum atomic E-state index is -0.547. The van der Waals surface area contributed by atoms with Gasteiger partial charge in [0.1, 0.15) is 5.82 Å². The Hall–Kier alpha value is -3.55. The molecule has 1 aromatic heterocycles. The monoisotopic (exact) mass is 397 g/mol. The van der Waals surface area contributed by atoms with E-state index in [4.69, 9.17) is 9.26 Å². The molecule has 1 heterocycles. The van der Waals surface area contributed by atoms with Gasteiger partial charge in [0.05, 0.1) is 6.42 Å². The topological polar surface area (TPSA) is 94.3 Å². The van der Waals surface area contributed by atoms with Crippen LogP contribution >= 0.6 is 0 Å². The van der Waals surface area contributed by atoms with E-state index in [1.807, 2.05) is 30.3 Å². The highest BCUT2D eigenvalue weighted by molar-refractivity contribution is 5.80. The van der Waals surface area contributed by atoms with Gasteiger partial charge >= 0.3 is 5.97 Å². The fourth-order valence-corrected chi connectivity index (χ4v) is 2.58. The van der Waals surface area contributed by atoms with E-state index in [1.54, 1.807) is 18.2 Å². The zero-order valence-electron chi connectivity index (χ0n) is 15.6. The second-order valence-electron chi connectivity index (χ2n) is 6.23. The predicted molar refractivity (Wildman–Crippen MR) is 102 cm³/mol. The lowest BCUT2D eigenvalue weighted by molar-refractivity contribution is -0.148. The van der Waals surface area contributed by atoms with E-state index in [9.17, 15) is 14.0 Å². The summed E-state index contributed by atoms with van der Waals surface area (Å²) < 4.78 is 23.5. The van der Waals surface area contributed by atoms with Crippen LogP contribution in [0.4, 0.5) is 4.39 Å². The lowest BCUT2D eigenvalue weighted by atomic mass is 10.1. The number of ether oxygens (including phenoxy) is 1. The molecule has 0 fully saturated rings. The summed E-state index contributed by atoms with van der Waals surface area (Å²) in [7, 11) is 0. The van der Waals surface area contributed by atoms with E-state index in [2.05, 4.69) is 15.5 Å². The standard InChI is InChI=1S/C21H20FN3O4/c22-17-9-5-4-6-15(17)12-13-23-18(26)14-28-20(27)11-10-19-24-21(25-29-19)16-7-2-1-3-8-16/h1-9H,10-14H2,(H,23,26). The molecule has 3 aromatic rings. The second kappa shape index (κ2) is 10.1. The maximum atomic E-state index is 13.5. The van der Waals surface area contributed by atoms with Gasteiger partial charge in [0.15, 0.2) is 6.61 Å². The van der Waals surface area contributed by atoms with Crippen LogP contribution in [0.5, 0.6) is 0 Å². The number of nitrogens with one attached hydrogen (secondary N) is 1. The van der Waals surface area contributed by atoms with Crippen LogP contribution < -0.4 is 5.32 Å². The molecule has 0 aliphatic heterocycles. The molecule has 3 rings (SSSR count). The van der Waals surface area contributed by atoms with Gasteiger partial charge in [-0.3, -0.25) is 9.59 Å². The molecule has 0 radical (unpaired) electrons. The average Bonchev–Trinajstić information content (AvgIpc) is 3.22. The highest BCUT2D eigenvalue weighted by Gasteiger charge is 2.12. The summed E-state index contributed by atoms with van der Waals surface area (Å²) in [6.07, 6.45) is 0.583. The number of hydrogen-bond donors (Lipinski definition) is 1. The number of carbonyl (C=O) groups is 2. The molecule has 1 N–H and O–H groups in total. The number of rotatable bonds is 9. The molecule has 8 heteroatoms. The molecular weight excluding hydrogens is 377 g/mol. The number of benzene rings is 2. The summed E-state index contributed by atoms with van der Waals surface area (Å²) in [5.41, 5.74) is 1.33. The Morgan fingerprint density at radius 2 is 1.79 bits per heavy atom. The smallest absolute Gasteiger partial charge is 0.306 e. The van der Waals surface area contributed by atoms with Crippen molar-refractivity contribution in [1.82, 2.24) is 15.5 Å². The first-order chi connectivity index (χ1) is 14.1. The SMILES string of the molecule is O=C(COC(=O)CCc1nc(-c2ccccc2)no1)NCCc1ccccc1F. The fraction of sp³-hybridized carbons (Fsp3) is 0.238. The number of carbonyl (C=O) groups excluding carboxylic acids is 2. The third kappa shape index (κ3) is 6.24. The summed E-state index contributed by atoms with van der Waals surface area (Å²) in [6.45, 7) is -0.142. The molecule has 7 nitrogen and oxygen atoms in total. The molecule has 0 aliphatic carbocycles. The lowest BCUT2D eigenvalue weighted by Gasteiger charge is -2.07. The van der Waals surface area contributed by atoms with Gasteiger partial charge in [-0.05, 0) is 18.1 Å². The van der Waals surface area contributed by atoms with Crippen molar-refractivity contribution in [3.05, 3.63) is 71.9 Å². The molecule has 0 atom stereocenters. The maximum absolute atomic E-state index is 13.5. The van der Waals surface area contributed by atoms with Gasteiger partial charge in [0.25, 0.3) is 5.91 Å². The molecular formula is C21H20FN3O4. The summed E-state index contributed by atoms with van der Waals surface area (Å²) in [5.74, 6) is -0.546. The van der Waals surface area contributed by atoms with Crippen LogP contribution in [-0.4, -0.2) is 35.2 Å². The van der Waals surface area contributed by atoms with Crippen molar-refractivity contribution in [3.63, 3.8) is 0 Å². The van der Waals surface area contributed by atoms with Crippen molar-refractivity contribution in [2.45, 2.75) is 19.3 Å². The molecule has 0 aliphatic rings. The van der Waals surface area contributed by atoms with E-state index in [1.165, 1.54) is 6.07 Å². The first kappa shape index (κ1) is 20.2. The number of nitrogens with zero attached hydrogens (tertiary/aromatic N) is 2. The largest absolute Gasteiger partial charge is 0.456 e. The third-order valence-corrected chi connectivity index (χ3v) is 4.08. The zero-order chi connectivity index (χ0) is 20.5. The Labute approximate surface area is 166 Å². The predicted octanol–water partition coefficient (Wildman–Crippen LogP) is 2.71. The van der Waals surface area contributed by atoms with Gasteiger partial charge in [-0.1, -0.05) is 53.7 Å². The number of amides is 1. The van der Waals surface area contributed by atoms with Crippen molar-refractivity contribution >= 4 is 11.9 Å². The van der Waals surface area contributed by atoms with E-state index in [-0.39, 0.29) is 25.2 Å². The molecule has 2 aromatic carbocycles. The maximum Gasteiger partial charge on any atom is 0.306 e. The molecule has 0 unspecified atom stereocenters. The Kier molecular flexibility index (Phi) is 7.05. The number of aromatic nitrogens is 2. The molecule has 150 valence electrons. The average molecular weight is 397 g/mol. The second-order valence-corrected chi connectivity index (χ2v) is 6.23. The number of esters is 1. The fourth-order valence-electron chi connectivity index (χ4n) is 2.58. The van der Waals surface area contributed by atoms with E-state index >= 15 is 0 Å². The van der Waals surface area contributed by atoms with Crippen LogP contribution in [0.2, 0.25) is 0 Å². The Morgan fingerprint density at radius 1 is 1.03 bits per heavy atom. The molecule has 0 spiro atoms. The minimum absolute atomic E-state index is 0.0128. The lowest BCUT2D eigenvalue weighted by Crippen LogP contribution is -2.30. The van der Waals surface area contributed by atoms with Crippen molar-refractivity contribution in [2.24, 2.45) is 0 Å². The van der Waals surface area contributed by atoms with Crippen LogP contribution in [0.3, 0.4) is 0 Å². The Bertz CT molecular complexity index is 959. The quantitative estimate of drug-likeness (QED) is 0.558. The normalized spacial score (nSPS) is 10.5. The highest BCUT2D eigenvalue weighted by atomic mass is 19.1. The van der Waals surface area contributed by atoms with Crippen molar-refractivity contribution < 1.29 is 23.2 Å². The van der Waals surface area contributed by atoms with Gasteiger partial charge in [-0.2, -0.15) is 4.98 Å². The van der Waals surface area contributed by atoms with Crippen molar-refractivity contribution in [1.29, 1.82) is 0 Å². The zero-order valence-corrected chi connectivity index (χ0v) is 15.6. The van der Waals surface area contributed by atoms with Gasteiger partial charge < -0.3 is 14.6 Å². The van der Waals surface area contributed by atoms with Gasteiger partial charge in [-0.25, -0.2) is 4.39 Å². The summed E-state index contributed by atoms with van der Waals surface area (Å²) in [4.78, 5) is 27.8. The van der Waals surface area contributed by atoms with Crippen LogP contribution in [0.25, 0.3) is 11.4 Å². The summed E-state index contributed by atoms with van der Waals surface area (Å²) in [6, 6.07) is 15.7. The molecule has 0 saturated carbocycles. The van der Waals surface area contributed by atoms with Crippen molar-refractivity contribution in [3.8, 4) is 11.4 Å². The van der Waals surface area contributed by atoms with Crippen molar-refractivity contribution in [2.75, 3.05) is 13.2 Å². The van der Waals surface area contributed by atoms with Crippen LogP contribution in [0, 0.1) is 5.82 Å². The minimum Gasteiger partial charge on any atom is -0.456 e. The number of halogens is 1. The number of hydrogen-bond acceptors (Lipinski definition) is 6. The molecule has 1 amide bonds.